The summed E-state index contributed by atoms with van der Waals surface area (Å²) in [5.41, 5.74) is -0.139. The molecule has 0 aliphatic carbocycles. The molecule has 0 spiro atoms. The fourth-order valence-corrected chi connectivity index (χ4v) is 2.00. The standard InChI is InChI=1S/C13H17NO4/c1-13(4-6-18-7-5-13)14-12(17)10-3-2-9(15)8-11(10)16/h2-3,8,15-16H,4-7H2,1H3,(H,14,17). The van der Waals surface area contributed by atoms with E-state index in [1.165, 1.54) is 12.1 Å². The molecule has 1 heterocycles. The lowest BCUT2D eigenvalue weighted by molar-refractivity contribution is 0.0422. The summed E-state index contributed by atoms with van der Waals surface area (Å²) in [6.45, 7) is 3.21. The summed E-state index contributed by atoms with van der Waals surface area (Å²) >= 11 is 0. The van der Waals surface area contributed by atoms with Gasteiger partial charge in [0.05, 0.1) is 5.56 Å². The van der Waals surface area contributed by atoms with Crippen LogP contribution in [0.25, 0.3) is 0 Å². The first kappa shape index (κ1) is 12.7. The second-order valence-electron chi connectivity index (χ2n) is 4.83. The molecular weight excluding hydrogens is 234 g/mol. The Hall–Kier alpha value is -1.75. The Morgan fingerprint density at radius 3 is 2.61 bits per heavy atom. The zero-order valence-corrected chi connectivity index (χ0v) is 10.3. The summed E-state index contributed by atoms with van der Waals surface area (Å²) in [4.78, 5) is 12.1. The van der Waals surface area contributed by atoms with E-state index in [0.717, 1.165) is 18.9 Å². The third-order valence-electron chi connectivity index (χ3n) is 3.24. The molecule has 0 atom stereocenters. The van der Waals surface area contributed by atoms with Crippen LogP contribution in [0.15, 0.2) is 18.2 Å². The van der Waals surface area contributed by atoms with E-state index < -0.39 is 0 Å². The zero-order chi connectivity index (χ0) is 13.2. The molecule has 98 valence electrons. The second kappa shape index (κ2) is 4.86. The molecule has 3 N–H and O–H groups in total. The maximum Gasteiger partial charge on any atom is 0.255 e. The molecular formula is C13H17NO4. The van der Waals surface area contributed by atoms with E-state index in [-0.39, 0.29) is 28.5 Å². The first-order valence-electron chi connectivity index (χ1n) is 5.92. The Morgan fingerprint density at radius 1 is 1.33 bits per heavy atom. The van der Waals surface area contributed by atoms with Gasteiger partial charge in [-0.25, -0.2) is 0 Å². The van der Waals surface area contributed by atoms with Crippen molar-refractivity contribution in [1.29, 1.82) is 0 Å². The number of hydrogen-bond acceptors (Lipinski definition) is 4. The molecule has 18 heavy (non-hydrogen) atoms. The summed E-state index contributed by atoms with van der Waals surface area (Å²) in [5.74, 6) is -0.624. The minimum absolute atomic E-state index is 0.0682. The Balaban J connectivity index is 2.11. The first-order chi connectivity index (χ1) is 8.50. The van der Waals surface area contributed by atoms with Crippen LogP contribution in [-0.2, 0) is 4.74 Å². The average Bonchev–Trinajstić information content (AvgIpc) is 2.28. The molecule has 1 aliphatic rings. The van der Waals surface area contributed by atoms with Gasteiger partial charge < -0.3 is 20.3 Å². The van der Waals surface area contributed by atoms with E-state index in [0.29, 0.717) is 13.2 Å². The molecule has 5 heteroatoms. The quantitative estimate of drug-likeness (QED) is 0.742. The molecule has 1 aromatic rings. The van der Waals surface area contributed by atoms with E-state index in [2.05, 4.69) is 5.32 Å². The predicted molar refractivity (Wildman–Crippen MR) is 65.7 cm³/mol. The SMILES string of the molecule is CC1(NC(=O)c2ccc(O)cc2O)CCOCC1. The van der Waals surface area contributed by atoms with Gasteiger partial charge in [0, 0.05) is 24.8 Å². The van der Waals surface area contributed by atoms with Gasteiger partial charge in [-0.3, -0.25) is 4.79 Å². The van der Waals surface area contributed by atoms with Crippen LogP contribution in [0, 0.1) is 0 Å². The molecule has 1 saturated heterocycles. The number of ether oxygens (including phenoxy) is 1. The number of amides is 1. The minimum atomic E-state index is -0.336. The molecule has 0 saturated carbocycles. The van der Waals surface area contributed by atoms with E-state index in [9.17, 15) is 15.0 Å². The molecule has 1 aliphatic heterocycles. The Kier molecular flexibility index (Phi) is 3.43. The van der Waals surface area contributed by atoms with Gasteiger partial charge in [-0.1, -0.05) is 0 Å². The van der Waals surface area contributed by atoms with Gasteiger partial charge in [-0.2, -0.15) is 0 Å². The van der Waals surface area contributed by atoms with Gasteiger partial charge in [-0.05, 0) is 31.9 Å². The number of carbonyl (C=O) groups is 1. The molecule has 2 rings (SSSR count). The summed E-state index contributed by atoms with van der Waals surface area (Å²) in [5, 5.41) is 21.7. The maximum absolute atomic E-state index is 12.1. The highest BCUT2D eigenvalue weighted by molar-refractivity contribution is 5.97. The monoisotopic (exact) mass is 251 g/mol. The number of benzene rings is 1. The number of carbonyl (C=O) groups excluding carboxylic acids is 1. The van der Waals surface area contributed by atoms with Crippen molar-refractivity contribution in [1.82, 2.24) is 5.32 Å². The van der Waals surface area contributed by atoms with Gasteiger partial charge in [0.2, 0.25) is 0 Å². The normalized spacial score (nSPS) is 18.3. The lowest BCUT2D eigenvalue weighted by Crippen LogP contribution is -2.49. The van der Waals surface area contributed by atoms with Crippen molar-refractivity contribution in [3.8, 4) is 11.5 Å². The van der Waals surface area contributed by atoms with Gasteiger partial charge in [0.1, 0.15) is 11.5 Å². The van der Waals surface area contributed by atoms with Gasteiger partial charge in [-0.15, -0.1) is 0 Å². The van der Waals surface area contributed by atoms with Crippen molar-refractivity contribution >= 4 is 5.91 Å². The molecule has 1 aromatic carbocycles. The number of nitrogens with one attached hydrogen (secondary N) is 1. The van der Waals surface area contributed by atoms with Crippen LogP contribution in [0.5, 0.6) is 11.5 Å². The fourth-order valence-electron chi connectivity index (χ4n) is 2.00. The largest absolute Gasteiger partial charge is 0.508 e. The molecule has 0 bridgehead atoms. The van der Waals surface area contributed by atoms with Crippen molar-refractivity contribution in [3.63, 3.8) is 0 Å². The van der Waals surface area contributed by atoms with Crippen LogP contribution in [-0.4, -0.2) is 34.9 Å². The maximum atomic E-state index is 12.1. The number of phenolic OH excluding ortho intramolecular Hbond substituents is 2. The number of phenols is 2. The summed E-state index contributed by atoms with van der Waals surface area (Å²) in [6, 6.07) is 3.94. The first-order valence-corrected chi connectivity index (χ1v) is 5.92. The number of rotatable bonds is 2. The van der Waals surface area contributed by atoms with E-state index >= 15 is 0 Å². The van der Waals surface area contributed by atoms with Crippen LogP contribution in [0.4, 0.5) is 0 Å². The summed E-state index contributed by atoms with van der Waals surface area (Å²) in [7, 11) is 0. The molecule has 5 nitrogen and oxygen atoms in total. The van der Waals surface area contributed by atoms with Crippen LogP contribution >= 0.6 is 0 Å². The highest BCUT2D eigenvalue weighted by Gasteiger charge is 2.29. The Bertz CT molecular complexity index is 452. The summed E-state index contributed by atoms with van der Waals surface area (Å²) < 4.78 is 5.26. The van der Waals surface area contributed by atoms with Gasteiger partial charge in [0.15, 0.2) is 0 Å². The van der Waals surface area contributed by atoms with Crippen molar-refractivity contribution < 1.29 is 19.7 Å². The Labute approximate surface area is 105 Å². The van der Waals surface area contributed by atoms with Crippen molar-refractivity contribution in [3.05, 3.63) is 23.8 Å². The lowest BCUT2D eigenvalue weighted by atomic mass is 9.92. The van der Waals surface area contributed by atoms with Crippen LogP contribution in [0.3, 0.4) is 0 Å². The van der Waals surface area contributed by atoms with E-state index in [1.807, 2.05) is 6.92 Å². The van der Waals surface area contributed by atoms with Gasteiger partial charge in [0.25, 0.3) is 5.91 Å². The van der Waals surface area contributed by atoms with Crippen LogP contribution in [0.2, 0.25) is 0 Å². The van der Waals surface area contributed by atoms with Crippen molar-refractivity contribution in [2.75, 3.05) is 13.2 Å². The topological polar surface area (TPSA) is 78.8 Å². The number of hydrogen-bond donors (Lipinski definition) is 3. The molecule has 1 amide bonds. The van der Waals surface area contributed by atoms with Gasteiger partial charge >= 0.3 is 0 Å². The molecule has 0 aromatic heterocycles. The minimum Gasteiger partial charge on any atom is -0.508 e. The highest BCUT2D eigenvalue weighted by atomic mass is 16.5. The van der Waals surface area contributed by atoms with E-state index in [4.69, 9.17) is 4.74 Å². The Morgan fingerprint density at radius 2 is 2.00 bits per heavy atom. The predicted octanol–water partition coefficient (Wildman–Crippen LogP) is 1.40. The van der Waals surface area contributed by atoms with Crippen LogP contribution < -0.4 is 5.32 Å². The molecule has 0 unspecified atom stereocenters. The summed E-state index contributed by atoms with van der Waals surface area (Å²) in [6.07, 6.45) is 1.50. The second-order valence-corrected chi connectivity index (χ2v) is 4.83. The average molecular weight is 251 g/mol. The van der Waals surface area contributed by atoms with Crippen molar-refractivity contribution in [2.45, 2.75) is 25.3 Å². The van der Waals surface area contributed by atoms with E-state index in [1.54, 1.807) is 0 Å². The molecule has 0 radical (unpaired) electrons. The van der Waals surface area contributed by atoms with Crippen LogP contribution in [0.1, 0.15) is 30.1 Å². The third kappa shape index (κ3) is 2.73. The highest BCUT2D eigenvalue weighted by Crippen LogP contribution is 2.25. The lowest BCUT2D eigenvalue weighted by Gasteiger charge is -2.34. The fraction of sp³-hybridized carbons (Fsp3) is 0.462. The number of aromatic hydroxyl groups is 2. The smallest absolute Gasteiger partial charge is 0.255 e. The molecule has 1 fully saturated rings. The zero-order valence-electron chi connectivity index (χ0n) is 10.3. The van der Waals surface area contributed by atoms with Crippen molar-refractivity contribution in [2.24, 2.45) is 0 Å². The third-order valence-corrected chi connectivity index (χ3v) is 3.24.